The van der Waals surface area contributed by atoms with Crippen LogP contribution in [-0.4, -0.2) is 13.4 Å². The Labute approximate surface area is 163 Å². The van der Waals surface area contributed by atoms with Crippen molar-refractivity contribution in [3.8, 4) is 11.3 Å². The van der Waals surface area contributed by atoms with Crippen LogP contribution in [-0.2, 0) is 10.0 Å². The summed E-state index contributed by atoms with van der Waals surface area (Å²) in [7, 11) is -3.73. The lowest BCUT2D eigenvalue weighted by atomic mass is 10.1. The number of hydrogen-bond donors (Lipinski definition) is 1. The van der Waals surface area contributed by atoms with E-state index < -0.39 is 10.0 Å². The van der Waals surface area contributed by atoms with Crippen LogP contribution in [0, 0.1) is 0 Å². The number of nitrogens with one attached hydrogen (secondary N) is 1. The van der Waals surface area contributed by atoms with Gasteiger partial charge in [-0.1, -0.05) is 64.5 Å². The minimum atomic E-state index is -3.73. The van der Waals surface area contributed by atoms with E-state index >= 15 is 0 Å². The van der Waals surface area contributed by atoms with Crippen molar-refractivity contribution in [2.45, 2.75) is 4.90 Å². The van der Waals surface area contributed by atoms with Crippen LogP contribution in [0.2, 0.25) is 0 Å². The molecule has 7 heteroatoms. The summed E-state index contributed by atoms with van der Waals surface area (Å²) >= 11 is 4.66. The zero-order chi connectivity index (χ0) is 18.1. The fourth-order valence-corrected chi connectivity index (χ4v) is 5.14. The van der Waals surface area contributed by atoms with Crippen LogP contribution in [0.25, 0.3) is 22.0 Å². The number of aromatic nitrogens is 1. The molecule has 0 saturated carbocycles. The molecule has 4 nitrogen and oxygen atoms in total. The average Bonchev–Trinajstić information content (AvgIpc) is 3.09. The van der Waals surface area contributed by atoms with E-state index in [1.54, 1.807) is 18.2 Å². The highest BCUT2D eigenvalue weighted by Gasteiger charge is 2.19. The van der Waals surface area contributed by atoms with Gasteiger partial charge in [0.25, 0.3) is 10.0 Å². The standard InChI is InChI=1S/C19H13BrN2O2S2/c20-15-10-8-14(9-11-15)17-12-25-19(21-17)22-26(23,24)18-7-3-5-13-4-1-2-6-16(13)18/h1-12H,(H,21,22). The lowest BCUT2D eigenvalue weighted by Gasteiger charge is -2.08. The first-order valence-corrected chi connectivity index (χ1v) is 10.9. The maximum absolute atomic E-state index is 12.9. The first-order chi connectivity index (χ1) is 12.5. The summed E-state index contributed by atoms with van der Waals surface area (Å²) in [6.07, 6.45) is 0. The summed E-state index contributed by atoms with van der Waals surface area (Å²) in [4.78, 5) is 4.66. The van der Waals surface area contributed by atoms with Gasteiger partial charge < -0.3 is 0 Å². The van der Waals surface area contributed by atoms with Crippen LogP contribution < -0.4 is 4.72 Å². The van der Waals surface area contributed by atoms with Gasteiger partial charge in [0.05, 0.1) is 10.6 Å². The Balaban J connectivity index is 1.67. The lowest BCUT2D eigenvalue weighted by Crippen LogP contribution is -2.13. The molecule has 0 aliphatic heterocycles. The van der Waals surface area contributed by atoms with Crippen LogP contribution in [0.15, 0.2) is 81.5 Å². The second-order valence-corrected chi connectivity index (χ2v) is 9.05. The van der Waals surface area contributed by atoms with Crippen molar-refractivity contribution in [1.29, 1.82) is 0 Å². The van der Waals surface area contributed by atoms with E-state index in [1.807, 2.05) is 53.9 Å². The van der Waals surface area contributed by atoms with Crippen molar-refractivity contribution < 1.29 is 8.42 Å². The molecular weight excluding hydrogens is 432 g/mol. The second kappa shape index (κ2) is 6.83. The monoisotopic (exact) mass is 444 g/mol. The predicted octanol–water partition coefficient (Wildman–Crippen LogP) is 5.53. The summed E-state index contributed by atoms with van der Waals surface area (Å²) in [6.45, 7) is 0. The minimum absolute atomic E-state index is 0.246. The quantitative estimate of drug-likeness (QED) is 0.450. The smallest absolute Gasteiger partial charge is 0.255 e. The molecule has 26 heavy (non-hydrogen) atoms. The van der Waals surface area contributed by atoms with Crippen molar-refractivity contribution >= 4 is 53.2 Å². The van der Waals surface area contributed by atoms with Crippen LogP contribution in [0.5, 0.6) is 0 Å². The number of thiazole rings is 1. The molecule has 0 spiro atoms. The van der Waals surface area contributed by atoms with Crippen molar-refractivity contribution in [3.63, 3.8) is 0 Å². The molecule has 1 N–H and O–H groups in total. The molecule has 0 radical (unpaired) electrons. The number of benzene rings is 3. The van der Waals surface area contributed by atoms with Gasteiger partial charge in [0.2, 0.25) is 0 Å². The van der Waals surface area contributed by atoms with Crippen molar-refractivity contribution in [2.75, 3.05) is 4.72 Å². The van der Waals surface area contributed by atoms with E-state index in [1.165, 1.54) is 11.3 Å². The second-order valence-electron chi connectivity index (χ2n) is 5.63. The first kappa shape index (κ1) is 17.2. The molecule has 0 fully saturated rings. The van der Waals surface area contributed by atoms with E-state index in [2.05, 4.69) is 25.6 Å². The Morgan fingerprint density at radius 1 is 0.923 bits per heavy atom. The molecule has 0 aliphatic carbocycles. The van der Waals surface area contributed by atoms with Gasteiger partial charge in [0.15, 0.2) is 5.13 Å². The molecule has 0 atom stereocenters. The molecular formula is C19H13BrN2O2S2. The van der Waals surface area contributed by atoms with Crippen molar-refractivity contribution in [2.24, 2.45) is 0 Å². The number of halogens is 1. The van der Waals surface area contributed by atoms with Crippen molar-refractivity contribution in [3.05, 3.63) is 76.6 Å². The minimum Gasteiger partial charge on any atom is -0.255 e. The normalized spacial score (nSPS) is 11.6. The van der Waals surface area contributed by atoms with Gasteiger partial charge in [-0.05, 0) is 23.6 Å². The fraction of sp³-hybridized carbons (Fsp3) is 0. The van der Waals surface area contributed by atoms with Gasteiger partial charge in [-0.2, -0.15) is 0 Å². The predicted molar refractivity (Wildman–Crippen MR) is 110 cm³/mol. The SMILES string of the molecule is O=S(=O)(Nc1nc(-c2ccc(Br)cc2)cs1)c1cccc2ccccc12. The highest BCUT2D eigenvalue weighted by atomic mass is 79.9. The van der Waals surface area contributed by atoms with E-state index in [4.69, 9.17) is 0 Å². The summed E-state index contributed by atoms with van der Waals surface area (Å²) in [5.74, 6) is 0. The number of fused-ring (bicyclic) bond motifs is 1. The Hall–Kier alpha value is -2.22. The fourth-order valence-electron chi connectivity index (χ4n) is 2.67. The van der Waals surface area contributed by atoms with Gasteiger partial charge in [0.1, 0.15) is 0 Å². The number of rotatable bonds is 4. The molecule has 4 aromatic rings. The maximum atomic E-state index is 12.9. The van der Waals surface area contributed by atoms with E-state index in [0.29, 0.717) is 10.5 Å². The van der Waals surface area contributed by atoms with E-state index in [-0.39, 0.29) is 4.90 Å². The topological polar surface area (TPSA) is 59.1 Å². The molecule has 0 bridgehead atoms. The van der Waals surface area contributed by atoms with Crippen LogP contribution in [0.4, 0.5) is 5.13 Å². The van der Waals surface area contributed by atoms with Gasteiger partial charge in [-0.3, -0.25) is 4.72 Å². The van der Waals surface area contributed by atoms with Crippen LogP contribution >= 0.6 is 27.3 Å². The van der Waals surface area contributed by atoms with E-state index in [9.17, 15) is 8.42 Å². The molecule has 1 heterocycles. The van der Waals surface area contributed by atoms with Gasteiger partial charge in [0, 0.05) is 20.8 Å². The highest BCUT2D eigenvalue weighted by molar-refractivity contribution is 9.10. The molecule has 0 aliphatic rings. The molecule has 0 amide bonds. The number of anilines is 1. The Kier molecular flexibility index (Phi) is 4.52. The average molecular weight is 445 g/mol. The summed E-state index contributed by atoms with van der Waals surface area (Å²) < 4.78 is 29.3. The summed E-state index contributed by atoms with van der Waals surface area (Å²) in [5, 5.41) is 3.75. The zero-order valence-electron chi connectivity index (χ0n) is 13.4. The largest absolute Gasteiger partial charge is 0.264 e. The van der Waals surface area contributed by atoms with Gasteiger partial charge in [-0.15, -0.1) is 11.3 Å². The number of sulfonamides is 1. The Morgan fingerprint density at radius 3 is 2.46 bits per heavy atom. The Bertz CT molecular complexity index is 1180. The number of nitrogens with zero attached hydrogens (tertiary/aromatic N) is 1. The number of hydrogen-bond acceptors (Lipinski definition) is 4. The van der Waals surface area contributed by atoms with Crippen molar-refractivity contribution in [1.82, 2.24) is 4.98 Å². The summed E-state index contributed by atoms with van der Waals surface area (Å²) in [6, 6.07) is 20.4. The molecule has 3 aromatic carbocycles. The first-order valence-electron chi connectivity index (χ1n) is 7.75. The third-order valence-corrected chi connectivity index (χ3v) is 6.72. The Morgan fingerprint density at radius 2 is 1.65 bits per heavy atom. The lowest BCUT2D eigenvalue weighted by molar-refractivity contribution is 0.602. The van der Waals surface area contributed by atoms with Gasteiger partial charge in [-0.25, -0.2) is 13.4 Å². The molecule has 0 saturated heterocycles. The third-order valence-electron chi connectivity index (χ3n) is 3.90. The molecule has 1 aromatic heterocycles. The zero-order valence-corrected chi connectivity index (χ0v) is 16.6. The highest BCUT2D eigenvalue weighted by Crippen LogP contribution is 2.29. The third kappa shape index (κ3) is 3.38. The van der Waals surface area contributed by atoms with Crippen LogP contribution in [0.1, 0.15) is 0 Å². The van der Waals surface area contributed by atoms with Gasteiger partial charge >= 0.3 is 0 Å². The van der Waals surface area contributed by atoms with E-state index in [0.717, 1.165) is 21.1 Å². The maximum Gasteiger partial charge on any atom is 0.264 e. The van der Waals surface area contributed by atoms with Crippen LogP contribution in [0.3, 0.4) is 0 Å². The molecule has 0 unspecified atom stereocenters. The molecule has 4 rings (SSSR count). The summed E-state index contributed by atoms with van der Waals surface area (Å²) in [5.41, 5.74) is 1.66. The molecule has 130 valence electrons.